The Labute approximate surface area is 148 Å². The number of aromatic amines is 1. The molecule has 0 aliphatic carbocycles. The number of fused-ring (bicyclic) bond motifs is 1. The van der Waals surface area contributed by atoms with Crippen LogP contribution in [0.15, 0.2) is 41.2 Å². The summed E-state index contributed by atoms with van der Waals surface area (Å²) in [5, 5.41) is 1.25. The maximum atomic E-state index is 12.2. The summed E-state index contributed by atoms with van der Waals surface area (Å²) in [6.07, 6.45) is 1.74. The number of halogens is 2. The third-order valence-corrected chi connectivity index (χ3v) is 4.13. The van der Waals surface area contributed by atoms with E-state index in [9.17, 15) is 4.79 Å². The number of rotatable bonds is 3. The van der Waals surface area contributed by atoms with Crippen molar-refractivity contribution in [1.29, 1.82) is 0 Å². The van der Waals surface area contributed by atoms with E-state index < -0.39 is 0 Å². The van der Waals surface area contributed by atoms with Crippen molar-refractivity contribution >= 4 is 45.2 Å². The highest BCUT2D eigenvalue weighted by atomic mass is 35.5. The molecule has 0 aliphatic rings. The second kappa shape index (κ2) is 6.67. The van der Waals surface area contributed by atoms with Crippen molar-refractivity contribution in [2.45, 2.75) is 6.92 Å². The zero-order valence-electron chi connectivity index (χ0n) is 13.1. The lowest BCUT2D eigenvalue weighted by Crippen LogP contribution is -2.10. The molecule has 1 N–H and O–H groups in total. The molecule has 0 saturated carbocycles. The van der Waals surface area contributed by atoms with E-state index in [1.165, 1.54) is 0 Å². The number of ether oxygens (including phenoxy) is 1. The lowest BCUT2D eigenvalue weighted by molar-refractivity contribution is 0.411. The summed E-state index contributed by atoms with van der Waals surface area (Å²) in [5.74, 6) is 1.11. The van der Waals surface area contributed by atoms with Gasteiger partial charge in [-0.15, -0.1) is 0 Å². The Morgan fingerprint density at radius 3 is 2.75 bits per heavy atom. The van der Waals surface area contributed by atoms with Crippen molar-refractivity contribution in [2.75, 3.05) is 7.11 Å². The molecule has 0 amide bonds. The Kier molecular flexibility index (Phi) is 4.60. The van der Waals surface area contributed by atoms with Crippen LogP contribution in [0.5, 0.6) is 5.75 Å². The first-order valence-electron chi connectivity index (χ1n) is 7.20. The van der Waals surface area contributed by atoms with Crippen molar-refractivity contribution in [1.82, 2.24) is 9.97 Å². The molecule has 0 fully saturated rings. The second-order valence-corrected chi connectivity index (χ2v) is 6.14. The topological polar surface area (TPSA) is 55.0 Å². The largest absolute Gasteiger partial charge is 0.496 e. The minimum atomic E-state index is -0.282. The average Bonchev–Trinajstić information content (AvgIpc) is 2.55. The number of nitrogens with zero attached hydrogens (tertiary/aromatic N) is 1. The number of aryl methyl sites for hydroxylation is 1. The fraction of sp³-hybridized carbons (Fsp3) is 0.111. The Balaban J connectivity index is 2.04. The molecule has 0 spiro atoms. The molecule has 3 rings (SSSR count). The molecule has 1 aromatic heterocycles. The fourth-order valence-corrected chi connectivity index (χ4v) is 2.82. The summed E-state index contributed by atoms with van der Waals surface area (Å²) in [5.41, 5.74) is 2.13. The quantitative estimate of drug-likeness (QED) is 0.740. The summed E-state index contributed by atoms with van der Waals surface area (Å²) in [4.78, 5) is 19.3. The van der Waals surface area contributed by atoms with E-state index in [0.717, 1.165) is 16.9 Å². The summed E-state index contributed by atoms with van der Waals surface area (Å²) in [6.45, 7) is 1.95. The van der Waals surface area contributed by atoms with Gasteiger partial charge in [-0.05, 0) is 54.5 Å². The highest BCUT2D eigenvalue weighted by Gasteiger charge is 2.08. The molecule has 24 heavy (non-hydrogen) atoms. The SMILES string of the molecule is COc1ccc(/C=C(\Cl)c2nc3ccc(Cl)cc3c(=O)[nH]2)cc1C. The number of hydrogen-bond donors (Lipinski definition) is 1. The first-order chi connectivity index (χ1) is 11.5. The first kappa shape index (κ1) is 16.6. The maximum absolute atomic E-state index is 12.2. The molecule has 0 bridgehead atoms. The standard InChI is InChI=1S/C18H14Cl2N2O2/c1-10-7-11(3-6-16(10)24-2)8-14(20)17-21-15-5-4-12(19)9-13(15)18(23)22-17/h3-9H,1-2H3,(H,21,22,23)/b14-8-. The highest BCUT2D eigenvalue weighted by molar-refractivity contribution is 6.50. The minimum Gasteiger partial charge on any atom is -0.496 e. The molecular weight excluding hydrogens is 347 g/mol. The first-order valence-corrected chi connectivity index (χ1v) is 7.95. The van der Waals surface area contributed by atoms with E-state index in [0.29, 0.717) is 26.8 Å². The van der Waals surface area contributed by atoms with E-state index in [1.54, 1.807) is 31.4 Å². The minimum absolute atomic E-state index is 0.282. The van der Waals surface area contributed by atoms with Crippen LogP contribution in [-0.4, -0.2) is 17.1 Å². The van der Waals surface area contributed by atoms with Gasteiger partial charge in [0.1, 0.15) is 5.75 Å². The van der Waals surface area contributed by atoms with Crippen molar-refractivity contribution in [3.05, 3.63) is 68.7 Å². The van der Waals surface area contributed by atoms with Crippen LogP contribution in [0.2, 0.25) is 5.02 Å². The van der Waals surface area contributed by atoms with Gasteiger partial charge in [0.25, 0.3) is 5.56 Å². The molecule has 1 heterocycles. The number of aromatic nitrogens is 2. The number of H-pyrrole nitrogens is 1. The van der Waals surface area contributed by atoms with Crippen molar-refractivity contribution in [3.63, 3.8) is 0 Å². The number of nitrogens with one attached hydrogen (secondary N) is 1. The van der Waals surface area contributed by atoms with Crippen LogP contribution in [0.25, 0.3) is 22.0 Å². The number of hydrogen-bond acceptors (Lipinski definition) is 3. The predicted octanol–water partition coefficient (Wildman–Crippen LogP) is 4.63. The highest BCUT2D eigenvalue weighted by Crippen LogP contribution is 2.24. The smallest absolute Gasteiger partial charge is 0.259 e. The van der Waals surface area contributed by atoms with Gasteiger partial charge in [0.2, 0.25) is 0 Å². The van der Waals surface area contributed by atoms with Crippen LogP contribution in [0, 0.1) is 6.92 Å². The van der Waals surface area contributed by atoms with E-state index >= 15 is 0 Å². The van der Waals surface area contributed by atoms with Crippen LogP contribution in [0.1, 0.15) is 17.0 Å². The molecule has 2 aromatic carbocycles. The second-order valence-electron chi connectivity index (χ2n) is 5.30. The molecule has 6 heteroatoms. The van der Waals surface area contributed by atoms with Crippen LogP contribution in [-0.2, 0) is 0 Å². The van der Waals surface area contributed by atoms with E-state index in [-0.39, 0.29) is 5.56 Å². The van der Waals surface area contributed by atoms with Gasteiger partial charge in [-0.2, -0.15) is 0 Å². The maximum Gasteiger partial charge on any atom is 0.259 e. The Morgan fingerprint density at radius 1 is 1.25 bits per heavy atom. The third kappa shape index (κ3) is 3.30. The lowest BCUT2D eigenvalue weighted by Gasteiger charge is -2.06. The summed E-state index contributed by atoms with van der Waals surface area (Å²) in [7, 11) is 1.63. The molecule has 0 radical (unpaired) electrons. The Hall–Kier alpha value is -2.30. The predicted molar refractivity (Wildman–Crippen MR) is 98.8 cm³/mol. The zero-order valence-corrected chi connectivity index (χ0v) is 14.6. The van der Waals surface area contributed by atoms with Crippen LogP contribution >= 0.6 is 23.2 Å². The molecule has 0 atom stereocenters. The Morgan fingerprint density at radius 2 is 2.04 bits per heavy atom. The van der Waals surface area contributed by atoms with E-state index in [1.807, 2.05) is 25.1 Å². The van der Waals surface area contributed by atoms with Crippen LogP contribution in [0.3, 0.4) is 0 Å². The molecule has 0 saturated heterocycles. The van der Waals surface area contributed by atoms with Gasteiger partial charge < -0.3 is 9.72 Å². The van der Waals surface area contributed by atoms with Gasteiger partial charge in [-0.25, -0.2) is 4.98 Å². The van der Waals surface area contributed by atoms with Gasteiger partial charge in [0, 0.05) is 5.02 Å². The molecular formula is C18H14Cl2N2O2. The zero-order chi connectivity index (χ0) is 17.3. The van der Waals surface area contributed by atoms with Crippen molar-refractivity contribution in [3.8, 4) is 5.75 Å². The molecule has 0 aliphatic heterocycles. The van der Waals surface area contributed by atoms with Crippen molar-refractivity contribution < 1.29 is 4.74 Å². The molecule has 4 nitrogen and oxygen atoms in total. The van der Waals surface area contributed by atoms with Gasteiger partial charge in [-0.3, -0.25) is 4.79 Å². The summed E-state index contributed by atoms with van der Waals surface area (Å²) < 4.78 is 5.24. The van der Waals surface area contributed by atoms with Gasteiger partial charge in [0.05, 0.1) is 23.0 Å². The lowest BCUT2D eigenvalue weighted by atomic mass is 10.1. The molecule has 0 unspecified atom stereocenters. The summed E-state index contributed by atoms with van der Waals surface area (Å²) >= 11 is 12.3. The third-order valence-electron chi connectivity index (χ3n) is 3.61. The van der Waals surface area contributed by atoms with Gasteiger partial charge >= 0.3 is 0 Å². The van der Waals surface area contributed by atoms with Crippen molar-refractivity contribution in [2.24, 2.45) is 0 Å². The fourth-order valence-electron chi connectivity index (χ4n) is 2.43. The van der Waals surface area contributed by atoms with Crippen LogP contribution < -0.4 is 10.3 Å². The van der Waals surface area contributed by atoms with Gasteiger partial charge in [-0.1, -0.05) is 29.3 Å². The van der Waals surface area contributed by atoms with E-state index in [4.69, 9.17) is 27.9 Å². The molecule has 122 valence electrons. The average molecular weight is 361 g/mol. The number of benzene rings is 2. The van der Waals surface area contributed by atoms with E-state index in [2.05, 4.69) is 9.97 Å². The monoisotopic (exact) mass is 360 g/mol. The summed E-state index contributed by atoms with van der Waals surface area (Å²) in [6, 6.07) is 10.6. The normalized spacial score (nSPS) is 11.8. The molecule has 3 aromatic rings. The van der Waals surface area contributed by atoms with Gasteiger partial charge in [0.15, 0.2) is 5.82 Å². The van der Waals surface area contributed by atoms with Crippen LogP contribution in [0.4, 0.5) is 0 Å². The number of methoxy groups -OCH3 is 1. The Bertz CT molecular complexity index is 1010.